The van der Waals surface area contributed by atoms with Gasteiger partial charge in [0.1, 0.15) is 6.04 Å². The highest BCUT2D eigenvalue weighted by atomic mass is 35.5. The molecule has 3 N–H and O–H groups in total. The van der Waals surface area contributed by atoms with E-state index in [1.54, 1.807) is 18.2 Å². The molecule has 1 aliphatic heterocycles. The van der Waals surface area contributed by atoms with E-state index in [0.29, 0.717) is 28.7 Å². The standard InChI is InChI=1S/C7H11NO3.C6H5Cl2N/c1-5(7(10)11)8-4-2-3-6(8)9;7-4-2-1-3-5(8)6(4)9/h5H,2-4H2,1H3,(H,10,11);1-3H,9H2. The van der Waals surface area contributed by atoms with Crippen LogP contribution in [0.3, 0.4) is 0 Å². The summed E-state index contributed by atoms with van der Waals surface area (Å²) in [5.41, 5.74) is 5.86. The lowest BCUT2D eigenvalue weighted by Crippen LogP contribution is -2.39. The van der Waals surface area contributed by atoms with E-state index in [1.807, 2.05) is 0 Å². The van der Waals surface area contributed by atoms with Crippen molar-refractivity contribution in [1.29, 1.82) is 0 Å². The van der Waals surface area contributed by atoms with Crippen molar-refractivity contribution in [3.63, 3.8) is 0 Å². The van der Waals surface area contributed by atoms with Crippen LogP contribution in [0.15, 0.2) is 18.2 Å². The van der Waals surface area contributed by atoms with Gasteiger partial charge in [0.05, 0.1) is 15.7 Å². The first kappa shape index (κ1) is 16.6. The minimum atomic E-state index is -0.930. The summed E-state index contributed by atoms with van der Waals surface area (Å²) in [4.78, 5) is 22.8. The fourth-order valence-corrected chi connectivity index (χ4v) is 2.12. The van der Waals surface area contributed by atoms with Gasteiger partial charge in [-0.25, -0.2) is 4.79 Å². The lowest BCUT2D eigenvalue weighted by Gasteiger charge is -2.19. The number of carbonyl (C=O) groups excluding carboxylic acids is 1. The third kappa shape index (κ3) is 4.28. The van der Waals surface area contributed by atoms with E-state index in [2.05, 4.69) is 0 Å². The lowest BCUT2D eigenvalue weighted by atomic mass is 10.3. The van der Waals surface area contributed by atoms with Gasteiger partial charge < -0.3 is 15.7 Å². The van der Waals surface area contributed by atoms with Crippen LogP contribution in [0.25, 0.3) is 0 Å². The van der Waals surface area contributed by atoms with E-state index in [-0.39, 0.29) is 5.91 Å². The van der Waals surface area contributed by atoms with Gasteiger partial charge in [-0.05, 0) is 25.5 Å². The summed E-state index contributed by atoms with van der Waals surface area (Å²) in [5.74, 6) is -0.972. The molecule has 1 saturated heterocycles. The maximum Gasteiger partial charge on any atom is 0.326 e. The third-order valence-corrected chi connectivity index (χ3v) is 3.59. The molecule has 20 heavy (non-hydrogen) atoms. The SMILES string of the molecule is CC(C(=O)O)N1CCCC1=O.Nc1c(Cl)cccc1Cl. The minimum Gasteiger partial charge on any atom is -0.480 e. The summed E-state index contributed by atoms with van der Waals surface area (Å²) >= 11 is 11.2. The van der Waals surface area contributed by atoms with Gasteiger partial charge in [-0.2, -0.15) is 0 Å². The Morgan fingerprint density at radius 3 is 2.30 bits per heavy atom. The number of carboxylic acid groups (broad SMARTS) is 1. The van der Waals surface area contributed by atoms with E-state index in [9.17, 15) is 9.59 Å². The van der Waals surface area contributed by atoms with Crippen LogP contribution in [0.2, 0.25) is 10.0 Å². The summed E-state index contributed by atoms with van der Waals surface area (Å²) in [6.07, 6.45) is 1.29. The zero-order valence-corrected chi connectivity index (χ0v) is 12.5. The molecule has 1 aromatic rings. The van der Waals surface area contributed by atoms with E-state index in [1.165, 1.54) is 11.8 Å². The van der Waals surface area contributed by atoms with Crippen LogP contribution >= 0.6 is 23.2 Å². The number of para-hydroxylation sites is 1. The van der Waals surface area contributed by atoms with Gasteiger partial charge >= 0.3 is 5.97 Å². The molecule has 1 atom stereocenters. The van der Waals surface area contributed by atoms with Crippen molar-refractivity contribution in [1.82, 2.24) is 4.90 Å². The first-order valence-electron chi connectivity index (χ1n) is 6.06. The number of halogens is 2. The number of aliphatic carboxylic acids is 1. The van der Waals surface area contributed by atoms with Crippen molar-refractivity contribution < 1.29 is 14.7 Å². The second kappa shape index (κ2) is 7.36. The third-order valence-electron chi connectivity index (χ3n) is 2.93. The number of hydrogen-bond acceptors (Lipinski definition) is 3. The normalized spacial score (nSPS) is 15.6. The van der Waals surface area contributed by atoms with Gasteiger partial charge in [0.25, 0.3) is 0 Å². The number of carboxylic acids is 1. The number of amides is 1. The molecule has 110 valence electrons. The number of likely N-dealkylation sites (tertiary alicyclic amines) is 1. The molecule has 1 heterocycles. The Bertz CT molecular complexity index is 488. The molecule has 5 nitrogen and oxygen atoms in total. The highest BCUT2D eigenvalue weighted by Crippen LogP contribution is 2.25. The molecule has 0 radical (unpaired) electrons. The number of benzene rings is 1. The number of nitrogens with two attached hydrogens (primary N) is 1. The monoisotopic (exact) mass is 318 g/mol. The predicted molar refractivity (Wildman–Crippen MR) is 78.9 cm³/mol. The van der Waals surface area contributed by atoms with E-state index in [4.69, 9.17) is 34.0 Å². The Balaban J connectivity index is 0.000000204. The molecular formula is C13H16Cl2N2O3. The summed E-state index contributed by atoms with van der Waals surface area (Å²) in [7, 11) is 0. The maximum atomic E-state index is 11.0. The van der Waals surface area contributed by atoms with Crippen LogP contribution in [0, 0.1) is 0 Å². The van der Waals surface area contributed by atoms with Gasteiger partial charge in [0, 0.05) is 13.0 Å². The first-order chi connectivity index (χ1) is 9.34. The van der Waals surface area contributed by atoms with Crippen LogP contribution in [0.4, 0.5) is 5.69 Å². The van der Waals surface area contributed by atoms with E-state index < -0.39 is 12.0 Å². The predicted octanol–water partition coefficient (Wildman–Crippen LogP) is 2.66. The number of hydrogen-bond donors (Lipinski definition) is 2. The second-order valence-corrected chi connectivity index (χ2v) is 5.15. The molecule has 0 saturated carbocycles. The van der Waals surface area contributed by atoms with Gasteiger partial charge in [-0.3, -0.25) is 4.79 Å². The number of nitrogens with zero attached hydrogens (tertiary/aromatic N) is 1. The Morgan fingerprint density at radius 1 is 1.40 bits per heavy atom. The molecule has 1 amide bonds. The number of rotatable bonds is 2. The van der Waals surface area contributed by atoms with Crippen LogP contribution in [0.5, 0.6) is 0 Å². The van der Waals surface area contributed by atoms with Crippen LogP contribution in [-0.2, 0) is 9.59 Å². The van der Waals surface area contributed by atoms with Gasteiger partial charge in [-0.15, -0.1) is 0 Å². The second-order valence-electron chi connectivity index (χ2n) is 4.34. The molecule has 1 fully saturated rings. The average molecular weight is 319 g/mol. The van der Waals surface area contributed by atoms with Crippen molar-refractivity contribution in [3.05, 3.63) is 28.2 Å². The largest absolute Gasteiger partial charge is 0.480 e. The molecule has 1 aromatic carbocycles. The molecule has 1 aliphatic rings. The molecule has 0 spiro atoms. The van der Waals surface area contributed by atoms with Crippen molar-refractivity contribution in [2.75, 3.05) is 12.3 Å². The molecule has 7 heteroatoms. The van der Waals surface area contributed by atoms with Crippen LogP contribution in [0.1, 0.15) is 19.8 Å². The Hall–Kier alpha value is -1.46. The minimum absolute atomic E-state index is 0.0418. The smallest absolute Gasteiger partial charge is 0.326 e. The Kier molecular flexibility index (Phi) is 6.10. The zero-order chi connectivity index (χ0) is 15.3. The molecule has 0 aromatic heterocycles. The van der Waals surface area contributed by atoms with Crippen LogP contribution in [-0.4, -0.2) is 34.5 Å². The van der Waals surface area contributed by atoms with Crippen molar-refractivity contribution in [2.45, 2.75) is 25.8 Å². The molecule has 2 rings (SSSR count). The van der Waals surface area contributed by atoms with Gasteiger partial charge in [0.2, 0.25) is 5.91 Å². The quantitative estimate of drug-likeness (QED) is 0.821. The van der Waals surface area contributed by atoms with Gasteiger partial charge in [0.15, 0.2) is 0 Å². The average Bonchev–Trinajstić information content (AvgIpc) is 2.82. The highest BCUT2D eigenvalue weighted by Gasteiger charge is 2.28. The molecule has 1 unspecified atom stereocenters. The number of carbonyl (C=O) groups is 2. The van der Waals surface area contributed by atoms with Gasteiger partial charge in [-0.1, -0.05) is 29.3 Å². The maximum absolute atomic E-state index is 11.0. The highest BCUT2D eigenvalue weighted by molar-refractivity contribution is 6.38. The summed E-state index contributed by atoms with van der Waals surface area (Å²) in [5, 5.41) is 9.57. The van der Waals surface area contributed by atoms with E-state index >= 15 is 0 Å². The fraction of sp³-hybridized carbons (Fsp3) is 0.385. The zero-order valence-electron chi connectivity index (χ0n) is 11.0. The number of nitrogen functional groups attached to an aromatic ring is 1. The number of anilines is 1. The van der Waals surface area contributed by atoms with Crippen LogP contribution < -0.4 is 5.73 Å². The lowest BCUT2D eigenvalue weighted by molar-refractivity contribution is -0.147. The summed E-state index contributed by atoms with van der Waals surface area (Å²) in [6.45, 7) is 2.12. The first-order valence-corrected chi connectivity index (χ1v) is 6.82. The molecule has 0 aliphatic carbocycles. The summed E-state index contributed by atoms with van der Waals surface area (Å²) < 4.78 is 0. The summed E-state index contributed by atoms with van der Waals surface area (Å²) in [6, 6.07) is 4.48. The molecular weight excluding hydrogens is 303 g/mol. The van der Waals surface area contributed by atoms with E-state index in [0.717, 1.165) is 6.42 Å². The van der Waals surface area contributed by atoms with Crippen molar-refractivity contribution in [2.24, 2.45) is 0 Å². The fourth-order valence-electron chi connectivity index (χ4n) is 1.72. The Labute approximate surface area is 127 Å². The Morgan fingerprint density at radius 2 is 1.95 bits per heavy atom. The topological polar surface area (TPSA) is 83.6 Å². The van der Waals surface area contributed by atoms with Crippen molar-refractivity contribution >= 4 is 40.8 Å². The molecule has 0 bridgehead atoms. The van der Waals surface area contributed by atoms with Crippen molar-refractivity contribution in [3.8, 4) is 0 Å².